The molecule has 82 valence electrons. The smallest absolute Gasteiger partial charge is 0.0577 e. The van der Waals surface area contributed by atoms with E-state index in [9.17, 15) is 0 Å². The Morgan fingerprint density at radius 3 is 2.64 bits per heavy atom. The van der Waals surface area contributed by atoms with Crippen LogP contribution in [0.4, 0.5) is 0 Å². The molecule has 0 heterocycles. The first-order valence-electron chi connectivity index (χ1n) is 5.93. The maximum Gasteiger partial charge on any atom is 0.0577 e. The van der Waals surface area contributed by atoms with Crippen molar-refractivity contribution >= 4 is 0 Å². The summed E-state index contributed by atoms with van der Waals surface area (Å²) in [5.74, 6) is 0.810. The Hall–Kier alpha value is -0.300. The van der Waals surface area contributed by atoms with Gasteiger partial charge >= 0.3 is 0 Å². The van der Waals surface area contributed by atoms with Crippen LogP contribution in [0.5, 0.6) is 0 Å². The van der Waals surface area contributed by atoms with Crippen LogP contribution in [-0.2, 0) is 4.74 Å². The SMILES string of the molecule is CC(C)=CCCC(C)CCOC1CC1. The normalized spacial score (nSPS) is 17.9. The minimum absolute atomic E-state index is 0.625. The number of allylic oxidation sites excluding steroid dienone is 2. The minimum Gasteiger partial charge on any atom is -0.378 e. The van der Waals surface area contributed by atoms with E-state index in [1.54, 1.807) is 0 Å². The van der Waals surface area contributed by atoms with Crippen LogP contribution in [0.1, 0.15) is 52.9 Å². The summed E-state index contributed by atoms with van der Waals surface area (Å²) in [6.07, 6.45) is 9.32. The van der Waals surface area contributed by atoms with Gasteiger partial charge in [0, 0.05) is 6.61 Å². The Labute approximate surface area is 88.5 Å². The van der Waals surface area contributed by atoms with Gasteiger partial charge in [-0.2, -0.15) is 0 Å². The van der Waals surface area contributed by atoms with E-state index >= 15 is 0 Å². The van der Waals surface area contributed by atoms with Crippen molar-refractivity contribution in [1.29, 1.82) is 0 Å². The first-order chi connectivity index (χ1) is 6.68. The summed E-state index contributed by atoms with van der Waals surface area (Å²) in [7, 11) is 0. The largest absolute Gasteiger partial charge is 0.378 e. The molecule has 0 radical (unpaired) electrons. The van der Waals surface area contributed by atoms with E-state index in [0.29, 0.717) is 6.10 Å². The number of rotatable bonds is 7. The molecule has 0 aromatic heterocycles. The van der Waals surface area contributed by atoms with E-state index in [1.165, 1.54) is 37.7 Å². The van der Waals surface area contributed by atoms with Crippen molar-refractivity contribution in [3.63, 3.8) is 0 Å². The highest BCUT2D eigenvalue weighted by molar-refractivity contribution is 4.92. The summed E-state index contributed by atoms with van der Waals surface area (Å²) in [5.41, 5.74) is 1.44. The van der Waals surface area contributed by atoms with Crippen molar-refractivity contribution in [1.82, 2.24) is 0 Å². The van der Waals surface area contributed by atoms with Crippen LogP contribution >= 0.6 is 0 Å². The summed E-state index contributed by atoms with van der Waals surface area (Å²) in [6.45, 7) is 7.64. The zero-order valence-electron chi connectivity index (χ0n) is 9.88. The zero-order valence-corrected chi connectivity index (χ0v) is 9.88. The molecule has 0 amide bonds. The molecule has 1 aliphatic rings. The predicted molar refractivity (Wildman–Crippen MR) is 61.4 cm³/mol. The molecule has 1 nitrogen and oxygen atoms in total. The molecule has 0 aromatic rings. The second-order valence-corrected chi connectivity index (χ2v) is 4.82. The zero-order chi connectivity index (χ0) is 10.4. The molecule has 1 rings (SSSR count). The van der Waals surface area contributed by atoms with E-state index in [-0.39, 0.29) is 0 Å². The molecule has 0 saturated heterocycles. The van der Waals surface area contributed by atoms with E-state index in [0.717, 1.165) is 12.5 Å². The van der Waals surface area contributed by atoms with E-state index in [1.807, 2.05) is 0 Å². The topological polar surface area (TPSA) is 9.23 Å². The number of hydrogen-bond donors (Lipinski definition) is 0. The van der Waals surface area contributed by atoms with E-state index < -0.39 is 0 Å². The van der Waals surface area contributed by atoms with Gasteiger partial charge in [0.2, 0.25) is 0 Å². The van der Waals surface area contributed by atoms with Crippen molar-refractivity contribution in [2.75, 3.05) is 6.61 Å². The lowest BCUT2D eigenvalue weighted by Gasteiger charge is -2.09. The summed E-state index contributed by atoms with van der Waals surface area (Å²) in [6, 6.07) is 0. The fraction of sp³-hybridized carbons (Fsp3) is 0.846. The fourth-order valence-corrected chi connectivity index (χ4v) is 1.47. The molecule has 0 aromatic carbocycles. The third-order valence-corrected chi connectivity index (χ3v) is 2.70. The van der Waals surface area contributed by atoms with Gasteiger partial charge in [0.05, 0.1) is 6.10 Å². The molecule has 1 unspecified atom stereocenters. The molecule has 14 heavy (non-hydrogen) atoms. The summed E-state index contributed by atoms with van der Waals surface area (Å²) < 4.78 is 5.64. The second kappa shape index (κ2) is 6.23. The molecular formula is C13H24O. The second-order valence-electron chi connectivity index (χ2n) is 4.82. The maximum absolute atomic E-state index is 5.64. The lowest BCUT2D eigenvalue weighted by atomic mass is 10.0. The molecular weight excluding hydrogens is 172 g/mol. The van der Waals surface area contributed by atoms with Crippen molar-refractivity contribution in [2.24, 2.45) is 5.92 Å². The van der Waals surface area contributed by atoms with E-state index in [4.69, 9.17) is 4.74 Å². The monoisotopic (exact) mass is 196 g/mol. The van der Waals surface area contributed by atoms with Gasteiger partial charge in [0.25, 0.3) is 0 Å². The van der Waals surface area contributed by atoms with Gasteiger partial charge in [-0.3, -0.25) is 0 Å². The number of hydrogen-bond acceptors (Lipinski definition) is 1. The van der Waals surface area contributed by atoms with Crippen LogP contribution < -0.4 is 0 Å². The van der Waals surface area contributed by atoms with Gasteiger partial charge in [-0.25, -0.2) is 0 Å². The van der Waals surface area contributed by atoms with E-state index in [2.05, 4.69) is 26.8 Å². The summed E-state index contributed by atoms with van der Waals surface area (Å²) in [5, 5.41) is 0. The molecule has 1 aliphatic carbocycles. The van der Waals surface area contributed by atoms with Crippen LogP contribution in [-0.4, -0.2) is 12.7 Å². The molecule has 1 atom stereocenters. The number of ether oxygens (including phenoxy) is 1. The highest BCUT2D eigenvalue weighted by Gasteiger charge is 2.21. The molecule has 0 spiro atoms. The van der Waals surface area contributed by atoms with Gasteiger partial charge in [0.1, 0.15) is 0 Å². The highest BCUT2D eigenvalue weighted by atomic mass is 16.5. The van der Waals surface area contributed by atoms with Gasteiger partial charge in [-0.1, -0.05) is 18.6 Å². The first kappa shape index (κ1) is 11.8. The summed E-state index contributed by atoms with van der Waals surface area (Å²) >= 11 is 0. The molecule has 0 aliphatic heterocycles. The lowest BCUT2D eigenvalue weighted by molar-refractivity contribution is 0.107. The molecule has 0 bridgehead atoms. The van der Waals surface area contributed by atoms with Crippen LogP contribution in [0.25, 0.3) is 0 Å². The lowest BCUT2D eigenvalue weighted by Crippen LogP contribution is -2.02. The van der Waals surface area contributed by atoms with Gasteiger partial charge < -0.3 is 4.74 Å². The first-order valence-corrected chi connectivity index (χ1v) is 5.93. The Bertz CT molecular complexity index is 176. The molecule has 1 heteroatoms. The van der Waals surface area contributed by atoms with Crippen molar-refractivity contribution < 1.29 is 4.74 Å². The third-order valence-electron chi connectivity index (χ3n) is 2.70. The van der Waals surface area contributed by atoms with Crippen LogP contribution in [0.2, 0.25) is 0 Å². The van der Waals surface area contributed by atoms with Crippen molar-refractivity contribution in [3.8, 4) is 0 Å². The summed E-state index contributed by atoms with van der Waals surface area (Å²) in [4.78, 5) is 0. The Morgan fingerprint density at radius 1 is 1.36 bits per heavy atom. The predicted octanol–water partition coefficient (Wildman–Crippen LogP) is 3.94. The Balaban J connectivity index is 1.91. The van der Waals surface area contributed by atoms with Crippen LogP contribution in [0.3, 0.4) is 0 Å². The third kappa shape index (κ3) is 6.20. The Morgan fingerprint density at radius 2 is 2.07 bits per heavy atom. The van der Waals surface area contributed by atoms with Gasteiger partial charge in [0.15, 0.2) is 0 Å². The molecule has 0 N–H and O–H groups in total. The van der Waals surface area contributed by atoms with Gasteiger partial charge in [-0.05, 0) is 51.9 Å². The maximum atomic E-state index is 5.64. The fourth-order valence-electron chi connectivity index (χ4n) is 1.47. The molecule has 1 fully saturated rings. The molecule has 1 saturated carbocycles. The van der Waals surface area contributed by atoms with Crippen LogP contribution in [0, 0.1) is 5.92 Å². The average molecular weight is 196 g/mol. The Kier molecular flexibility index (Phi) is 5.24. The average Bonchev–Trinajstić information content (AvgIpc) is 2.87. The highest BCUT2D eigenvalue weighted by Crippen LogP contribution is 2.24. The van der Waals surface area contributed by atoms with Gasteiger partial charge in [-0.15, -0.1) is 0 Å². The van der Waals surface area contributed by atoms with Crippen molar-refractivity contribution in [3.05, 3.63) is 11.6 Å². The minimum atomic E-state index is 0.625. The standard InChI is InChI=1S/C13H24O/c1-11(2)5-4-6-12(3)9-10-14-13-7-8-13/h5,12-13H,4,6-10H2,1-3H3. The quantitative estimate of drug-likeness (QED) is 0.560. The van der Waals surface area contributed by atoms with Crippen molar-refractivity contribution in [2.45, 2.75) is 59.0 Å². The van der Waals surface area contributed by atoms with Crippen LogP contribution in [0.15, 0.2) is 11.6 Å².